The zero-order valence-corrected chi connectivity index (χ0v) is 14.3. The average Bonchev–Trinajstić information content (AvgIpc) is 3.23. The third-order valence-electron chi connectivity index (χ3n) is 5.69. The molecule has 1 atom stereocenters. The SMILES string of the molecule is COc1cc2c(c(C3CCCC3)c1)CN(C1CCC(=O)NC1=O)C2=O. The molecule has 1 aliphatic carbocycles. The summed E-state index contributed by atoms with van der Waals surface area (Å²) in [4.78, 5) is 38.2. The lowest BCUT2D eigenvalue weighted by molar-refractivity contribution is -0.136. The molecule has 0 bridgehead atoms. The fourth-order valence-corrected chi connectivity index (χ4v) is 4.38. The van der Waals surface area contributed by atoms with Gasteiger partial charge >= 0.3 is 0 Å². The van der Waals surface area contributed by atoms with Crippen LogP contribution in [0, 0.1) is 0 Å². The highest BCUT2D eigenvalue weighted by atomic mass is 16.5. The highest BCUT2D eigenvalue weighted by molar-refractivity contribution is 6.05. The number of fused-ring (bicyclic) bond motifs is 1. The molecule has 2 heterocycles. The largest absolute Gasteiger partial charge is 0.497 e. The maximum atomic E-state index is 13.0. The Labute approximate surface area is 146 Å². The lowest BCUT2D eigenvalue weighted by Gasteiger charge is -2.29. The monoisotopic (exact) mass is 342 g/mol. The van der Waals surface area contributed by atoms with E-state index in [0.29, 0.717) is 30.2 Å². The zero-order valence-electron chi connectivity index (χ0n) is 14.3. The first-order valence-corrected chi connectivity index (χ1v) is 8.94. The summed E-state index contributed by atoms with van der Waals surface area (Å²) in [5.74, 6) is 0.380. The molecule has 1 unspecified atom stereocenters. The highest BCUT2D eigenvalue weighted by Crippen LogP contribution is 2.42. The minimum Gasteiger partial charge on any atom is -0.497 e. The highest BCUT2D eigenvalue weighted by Gasteiger charge is 2.41. The van der Waals surface area contributed by atoms with Gasteiger partial charge in [-0.2, -0.15) is 0 Å². The summed E-state index contributed by atoms with van der Waals surface area (Å²) in [5.41, 5.74) is 2.86. The summed E-state index contributed by atoms with van der Waals surface area (Å²) in [5, 5.41) is 2.35. The molecule has 4 rings (SSSR count). The van der Waals surface area contributed by atoms with Gasteiger partial charge in [0.25, 0.3) is 5.91 Å². The molecule has 1 saturated carbocycles. The summed E-state index contributed by atoms with van der Waals surface area (Å²) in [6.45, 7) is 0.441. The maximum absolute atomic E-state index is 13.0. The van der Waals surface area contributed by atoms with Crippen molar-refractivity contribution in [3.05, 3.63) is 28.8 Å². The van der Waals surface area contributed by atoms with Crippen molar-refractivity contribution in [1.29, 1.82) is 0 Å². The number of carbonyl (C=O) groups excluding carboxylic acids is 3. The van der Waals surface area contributed by atoms with Crippen molar-refractivity contribution in [2.75, 3.05) is 7.11 Å². The minimum absolute atomic E-state index is 0.136. The van der Waals surface area contributed by atoms with Gasteiger partial charge in [0.2, 0.25) is 11.8 Å². The second-order valence-corrected chi connectivity index (χ2v) is 7.12. The van der Waals surface area contributed by atoms with Crippen LogP contribution in [-0.4, -0.2) is 35.8 Å². The van der Waals surface area contributed by atoms with Crippen molar-refractivity contribution >= 4 is 17.7 Å². The molecule has 25 heavy (non-hydrogen) atoms. The molecular weight excluding hydrogens is 320 g/mol. The van der Waals surface area contributed by atoms with Crippen LogP contribution < -0.4 is 10.1 Å². The van der Waals surface area contributed by atoms with Crippen molar-refractivity contribution in [1.82, 2.24) is 10.2 Å². The van der Waals surface area contributed by atoms with Gasteiger partial charge in [-0.3, -0.25) is 19.7 Å². The van der Waals surface area contributed by atoms with Gasteiger partial charge in [0, 0.05) is 18.5 Å². The average molecular weight is 342 g/mol. The van der Waals surface area contributed by atoms with Crippen LogP contribution in [0.3, 0.4) is 0 Å². The molecule has 0 spiro atoms. The van der Waals surface area contributed by atoms with E-state index in [0.717, 1.165) is 18.4 Å². The molecule has 2 fully saturated rings. The number of rotatable bonds is 3. The normalized spacial score (nSPS) is 23.8. The van der Waals surface area contributed by atoms with E-state index >= 15 is 0 Å². The van der Waals surface area contributed by atoms with Crippen molar-refractivity contribution in [3.8, 4) is 5.75 Å². The van der Waals surface area contributed by atoms with Crippen LogP contribution in [0.4, 0.5) is 0 Å². The summed E-state index contributed by atoms with van der Waals surface area (Å²) >= 11 is 0. The van der Waals surface area contributed by atoms with E-state index in [9.17, 15) is 14.4 Å². The molecule has 2 aliphatic heterocycles. The lowest BCUT2D eigenvalue weighted by atomic mass is 9.90. The van der Waals surface area contributed by atoms with E-state index in [1.54, 1.807) is 18.1 Å². The molecule has 3 amide bonds. The first-order chi connectivity index (χ1) is 12.1. The summed E-state index contributed by atoms with van der Waals surface area (Å²) < 4.78 is 5.41. The van der Waals surface area contributed by atoms with Crippen LogP contribution in [0.5, 0.6) is 5.75 Å². The van der Waals surface area contributed by atoms with Crippen LogP contribution in [0.2, 0.25) is 0 Å². The van der Waals surface area contributed by atoms with Crippen LogP contribution in [0.1, 0.15) is 65.9 Å². The number of ether oxygens (including phenoxy) is 1. The standard InChI is InChI=1S/C19H22N2O4/c1-25-12-8-13(11-4-2-3-5-11)15-10-21(19(24)14(15)9-12)16-6-7-17(22)20-18(16)23/h8-9,11,16H,2-7,10H2,1H3,(H,20,22,23). The Morgan fingerprint density at radius 1 is 1.12 bits per heavy atom. The molecule has 132 valence electrons. The molecule has 3 aliphatic rings. The minimum atomic E-state index is -0.569. The number of carbonyl (C=O) groups is 3. The number of hydrogen-bond acceptors (Lipinski definition) is 4. The maximum Gasteiger partial charge on any atom is 0.255 e. The van der Waals surface area contributed by atoms with E-state index in [1.165, 1.54) is 18.4 Å². The van der Waals surface area contributed by atoms with E-state index in [1.807, 2.05) is 0 Å². The second-order valence-electron chi connectivity index (χ2n) is 7.12. The molecule has 6 heteroatoms. The Kier molecular flexibility index (Phi) is 3.98. The van der Waals surface area contributed by atoms with Crippen LogP contribution in [0.25, 0.3) is 0 Å². The van der Waals surface area contributed by atoms with Crippen molar-refractivity contribution < 1.29 is 19.1 Å². The molecular formula is C19H22N2O4. The Bertz CT molecular complexity index is 752. The quantitative estimate of drug-likeness (QED) is 0.854. The molecule has 1 N–H and O–H groups in total. The fourth-order valence-electron chi connectivity index (χ4n) is 4.38. The number of benzene rings is 1. The molecule has 1 aromatic carbocycles. The topological polar surface area (TPSA) is 75.7 Å². The predicted octanol–water partition coefficient (Wildman–Crippen LogP) is 2.11. The number of piperidine rings is 1. The number of nitrogens with zero attached hydrogens (tertiary/aromatic N) is 1. The third kappa shape index (κ3) is 2.69. The van der Waals surface area contributed by atoms with E-state index in [4.69, 9.17) is 4.74 Å². The van der Waals surface area contributed by atoms with Gasteiger partial charge in [-0.1, -0.05) is 12.8 Å². The van der Waals surface area contributed by atoms with Gasteiger partial charge in [0.15, 0.2) is 0 Å². The van der Waals surface area contributed by atoms with Gasteiger partial charge in [0.05, 0.1) is 7.11 Å². The second kappa shape index (κ2) is 6.17. The van der Waals surface area contributed by atoms with Crippen LogP contribution in [-0.2, 0) is 16.1 Å². The molecule has 1 saturated heterocycles. The van der Waals surface area contributed by atoms with Crippen molar-refractivity contribution in [2.45, 2.75) is 57.0 Å². The van der Waals surface area contributed by atoms with Crippen molar-refractivity contribution in [3.63, 3.8) is 0 Å². The van der Waals surface area contributed by atoms with Gasteiger partial charge in [-0.15, -0.1) is 0 Å². The number of methoxy groups -OCH3 is 1. The zero-order chi connectivity index (χ0) is 17.6. The van der Waals surface area contributed by atoms with Crippen LogP contribution >= 0.6 is 0 Å². The summed E-state index contributed by atoms with van der Waals surface area (Å²) in [7, 11) is 1.61. The van der Waals surface area contributed by atoms with Gasteiger partial charge in [-0.25, -0.2) is 0 Å². The lowest BCUT2D eigenvalue weighted by Crippen LogP contribution is -2.52. The molecule has 1 aromatic rings. The fraction of sp³-hybridized carbons (Fsp3) is 0.526. The summed E-state index contributed by atoms with van der Waals surface area (Å²) in [6.07, 6.45) is 5.34. The smallest absolute Gasteiger partial charge is 0.255 e. The van der Waals surface area contributed by atoms with Gasteiger partial charge in [-0.05, 0) is 48.4 Å². The van der Waals surface area contributed by atoms with Gasteiger partial charge in [0.1, 0.15) is 11.8 Å². The summed E-state index contributed by atoms with van der Waals surface area (Å²) in [6, 6.07) is 3.26. The Balaban J connectivity index is 1.69. The molecule has 6 nitrogen and oxygen atoms in total. The van der Waals surface area contributed by atoms with E-state index < -0.39 is 6.04 Å². The van der Waals surface area contributed by atoms with Gasteiger partial charge < -0.3 is 9.64 Å². The Morgan fingerprint density at radius 2 is 1.88 bits per heavy atom. The molecule has 0 aromatic heterocycles. The first kappa shape index (κ1) is 16.1. The number of amides is 3. The predicted molar refractivity (Wildman–Crippen MR) is 90.2 cm³/mol. The van der Waals surface area contributed by atoms with E-state index in [-0.39, 0.29) is 24.1 Å². The third-order valence-corrected chi connectivity index (χ3v) is 5.69. The molecule has 0 radical (unpaired) electrons. The van der Waals surface area contributed by atoms with Crippen LogP contribution in [0.15, 0.2) is 12.1 Å². The number of imide groups is 1. The van der Waals surface area contributed by atoms with Crippen molar-refractivity contribution in [2.24, 2.45) is 0 Å². The Hall–Kier alpha value is -2.37. The first-order valence-electron chi connectivity index (χ1n) is 8.94. The number of nitrogens with one attached hydrogen (secondary N) is 1. The number of hydrogen-bond donors (Lipinski definition) is 1. The Morgan fingerprint density at radius 3 is 2.56 bits per heavy atom. The van der Waals surface area contributed by atoms with E-state index in [2.05, 4.69) is 11.4 Å².